The lowest BCUT2D eigenvalue weighted by Crippen LogP contribution is -2.41. The summed E-state index contributed by atoms with van der Waals surface area (Å²) in [5, 5.41) is 3.49. The Labute approximate surface area is 212 Å². The lowest BCUT2D eigenvalue weighted by atomic mass is 9.96. The molecule has 6 nitrogen and oxygen atoms in total. The molecule has 1 N–H and O–H groups in total. The van der Waals surface area contributed by atoms with Crippen molar-refractivity contribution >= 4 is 29.9 Å². The average Bonchev–Trinajstić information content (AvgIpc) is 2.82. The van der Waals surface area contributed by atoms with Gasteiger partial charge in [0.2, 0.25) is 0 Å². The van der Waals surface area contributed by atoms with Crippen molar-refractivity contribution in [2.75, 3.05) is 60.1 Å². The molecule has 0 aliphatic carbocycles. The Balaban J connectivity index is 0.00000363. The number of guanidine groups is 1. The second kappa shape index (κ2) is 15.9. The predicted octanol–water partition coefficient (Wildman–Crippen LogP) is 4.00. The fraction of sp³-hybridized carbons (Fsp3) is 0.720. The number of halogens is 1. The van der Waals surface area contributed by atoms with Crippen LogP contribution in [0.15, 0.2) is 35.3 Å². The predicted molar refractivity (Wildman–Crippen MR) is 143 cm³/mol. The maximum atomic E-state index is 6.15. The number of hydrogen-bond donors (Lipinski definition) is 1. The fourth-order valence-corrected chi connectivity index (χ4v) is 4.50. The first-order valence-electron chi connectivity index (χ1n) is 12.1. The molecule has 7 heteroatoms. The van der Waals surface area contributed by atoms with Gasteiger partial charge in [0.1, 0.15) is 0 Å². The van der Waals surface area contributed by atoms with Crippen LogP contribution in [0.25, 0.3) is 0 Å². The van der Waals surface area contributed by atoms with Crippen LogP contribution < -0.4 is 5.32 Å². The molecule has 2 heterocycles. The Morgan fingerprint density at radius 2 is 1.88 bits per heavy atom. The highest BCUT2D eigenvalue weighted by molar-refractivity contribution is 14.0. The smallest absolute Gasteiger partial charge is 0.193 e. The molecule has 182 valence electrons. The second-order valence-corrected chi connectivity index (χ2v) is 8.93. The van der Waals surface area contributed by atoms with Crippen molar-refractivity contribution in [3.8, 4) is 0 Å². The number of nitrogens with one attached hydrogen (secondary N) is 1. The van der Waals surface area contributed by atoms with Crippen LogP contribution in [0.1, 0.15) is 44.1 Å². The molecule has 3 rings (SSSR count). The molecule has 0 atom stereocenters. The van der Waals surface area contributed by atoms with Crippen LogP contribution in [-0.2, 0) is 16.0 Å². The molecular formula is C25H43IN4O2. The molecule has 2 aliphatic rings. The normalized spacial score (nSPS) is 18.9. The van der Waals surface area contributed by atoms with Crippen LogP contribution in [0.2, 0.25) is 0 Å². The molecule has 1 aromatic carbocycles. The molecule has 0 aromatic heterocycles. The van der Waals surface area contributed by atoms with E-state index in [-0.39, 0.29) is 24.0 Å². The van der Waals surface area contributed by atoms with Crippen LogP contribution in [-0.4, -0.2) is 82.0 Å². The summed E-state index contributed by atoms with van der Waals surface area (Å²) in [6, 6.07) is 10.8. The van der Waals surface area contributed by atoms with Gasteiger partial charge in [-0.3, -0.25) is 9.89 Å². The van der Waals surface area contributed by atoms with E-state index < -0.39 is 0 Å². The number of hydrogen-bond acceptors (Lipinski definition) is 4. The number of benzene rings is 1. The fourth-order valence-electron chi connectivity index (χ4n) is 4.50. The molecule has 0 radical (unpaired) electrons. The van der Waals surface area contributed by atoms with Crippen molar-refractivity contribution in [1.29, 1.82) is 0 Å². The zero-order valence-electron chi connectivity index (χ0n) is 20.0. The van der Waals surface area contributed by atoms with Gasteiger partial charge in [0, 0.05) is 66.6 Å². The largest absolute Gasteiger partial charge is 0.381 e. The van der Waals surface area contributed by atoms with Gasteiger partial charge >= 0.3 is 0 Å². The van der Waals surface area contributed by atoms with E-state index in [4.69, 9.17) is 9.47 Å². The number of ether oxygens (including phenoxy) is 2. The Bertz CT molecular complexity index is 632. The zero-order valence-corrected chi connectivity index (χ0v) is 22.3. The van der Waals surface area contributed by atoms with Gasteiger partial charge < -0.3 is 19.7 Å². The van der Waals surface area contributed by atoms with E-state index >= 15 is 0 Å². The third-order valence-electron chi connectivity index (χ3n) is 6.53. The minimum Gasteiger partial charge on any atom is -0.381 e. The standard InChI is InChI=1S/C25H42N4O2.HI/c1-26-25(28(2)15-9-22-12-19-30-20-13-22)27-14-6-18-31-24-10-16-29(17-11-24)21-23-7-4-3-5-8-23;/h3-5,7-8,22,24H,6,9-21H2,1-2H3,(H,26,27);1H. The van der Waals surface area contributed by atoms with Crippen LogP contribution in [0, 0.1) is 5.92 Å². The summed E-state index contributed by atoms with van der Waals surface area (Å²) in [5.74, 6) is 1.78. The summed E-state index contributed by atoms with van der Waals surface area (Å²) in [6.07, 6.45) is 7.30. The highest BCUT2D eigenvalue weighted by Crippen LogP contribution is 2.18. The summed E-state index contributed by atoms with van der Waals surface area (Å²) in [7, 11) is 4.00. The Morgan fingerprint density at radius 1 is 1.16 bits per heavy atom. The first-order chi connectivity index (χ1) is 15.2. The van der Waals surface area contributed by atoms with Crippen molar-refractivity contribution in [1.82, 2.24) is 15.1 Å². The first kappa shape index (κ1) is 27.3. The Morgan fingerprint density at radius 3 is 2.56 bits per heavy atom. The number of nitrogens with zero attached hydrogens (tertiary/aromatic N) is 3. The number of aliphatic imine (C=N–C) groups is 1. The van der Waals surface area contributed by atoms with Gasteiger partial charge in [-0.25, -0.2) is 0 Å². The van der Waals surface area contributed by atoms with E-state index in [0.717, 1.165) is 83.7 Å². The molecule has 2 fully saturated rings. The van der Waals surface area contributed by atoms with Gasteiger partial charge in [-0.2, -0.15) is 0 Å². The van der Waals surface area contributed by atoms with E-state index in [1.54, 1.807) is 0 Å². The first-order valence-corrected chi connectivity index (χ1v) is 12.1. The molecule has 32 heavy (non-hydrogen) atoms. The van der Waals surface area contributed by atoms with Gasteiger partial charge in [-0.1, -0.05) is 30.3 Å². The van der Waals surface area contributed by atoms with Gasteiger partial charge in [-0.15, -0.1) is 24.0 Å². The molecule has 1 aromatic rings. The summed E-state index contributed by atoms with van der Waals surface area (Å²) < 4.78 is 11.6. The van der Waals surface area contributed by atoms with Crippen molar-refractivity contribution in [3.05, 3.63) is 35.9 Å². The van der Waals surface area contributed by atoms with Crippen LogP contribution in [0.5, 0.6) is 0 Å². The van der Waals surface area contributed by atoms with Crippen molar-refractivity contribution < 1.29 is 9.47 Å². The molecule has 0 bridgehead atoms. The van der Waals surface area contributed by atoms with Crippen molar-refractivity contribution in [2.45, 2.75) is 51.2 Å². The van der Waals surface area contributed by atoms with E-state index in [1.165, 1.54) is 24.8 Å². The summed E-state index contributed by atoms with van der Waals surface area (Å²) >= 11 is 0. The van der Waals surface area contributed by atoms with Crippen LogP contribution >= 0.6 is 24.0 Å². The number of rotatable bonds is 10. The van der Waals surface area contributed by atoms with E-state index in [9.17, 15) is 0 Å². The number of likely N-dealkylation sites (tertiary alicyclic amines) is 1. The van der Waals surface area contributed by atoms with Gasteiger partial charge in [-0.05, 0) is 50.0 Å². The minimum atomic E-state index is 0. The Kier molecular flexibility index (Phi) is 13.5. The van der Waals surface area contributed by atoms with Gasteiger partial charge in [0.15, 0.2) is 5.96 Å². The second-order valence-electron chi connectivity index (χ2n) is 8.93. The molecule has 0 saturated carbocycles. The maximum Gasteiger partial charge on any atom is 0.193 e. The van der Waals surface area contributed by atoms with Gasteiger partial charge in [0.05, 0.1) is 6.10 Å². The third-order valence-corrected chi connectivity index (χ3v) is 6.53. The average molecular weight is 559 g/mol. The monoisotopic (exact) mass is 558 g/mol. The molecule has 2 aliphatic heterocycles. The minimum absolute atomic E-state index is 0. The third kappa shape index (κ3) is 9.93. The highest BCUT2D eigenvalue weighted by Gasteiger charge is 2.19. The summed E-state index contributed by atoms with van der Waals surface area (Å²) in [5.41, 5.74) is 1.40. The van der Waals surface area contributed by atoms with Crippen molar-refractivity contribution in [3.63, 3.8) is 0 Å². The van der Waals surface area contributed by atoms with E-state index in [1.807, 2.05) is 7.05 Å². The molecule has 0 amide bonds. The quantitative estimate of drug-likeness (QED) is 0.204. The highest BCUT2D eigenvalue weighted by atomic mass is 127. The topological polar surface area (TPSA) is 49.3 Å². The zero-order chi connectivity index (χ0) is 21.7. The summed E-state index contributed by atoms with van der Waals surface area (Å²) in [6.45, 7) is 7.92. The SMILES string of the molecule is CN=C(NCCCOC1CCN(Cc2ccccc2)CC1)N(C)CCC1CCOCC1.I. The van der Waals surface area contributed by atoms with Crippen LogP contribution in [0.4, 0.5) is 0 Å². The van der Waals surface area contributed by atoms with Crippen molar-refractivity contribution in [2.24, 2.45) is 10.9 Å². The molecule has 2 saturated heterocycles. The van der Waals surface area contributed by atoms with Gasteiger partial charge in [0.25, 0.3) is 0 Å². The van der Waals surface area contributed by atoms with E-state index in [2.05, 4.69) is 57.5 Å². The molecule has 0 spiro atoms. The maximum absolute atomic E-state index is 6.15. The molecule has 0 unspecified atom stereocenters. The number of piperidine rings is 1. The lowest BCUT2D eigenvalue weighted by molar-refractivity contribution is 0.00531. The lowest BCUT2D eigenvalue weighted by Gasteiger charge is -2.32. The molecular weight excluding hydrogens is 515 g/mol. The van der Waals surface area contributed by atoms with E-state index in [0.29, 0.717) is 6.10 Å². The Hall–Kier alpha value is -0.900. The summed E-state index contributed by atoms with van der Waals surface area (Å²) in [4.78, 5) is 9.23. The van der Waals surface area contributed by atoms with Crippen LogP contribution in [0.3, 0.4) is 0 Å².